The summed E-state index contributed by atoms with van der Waals surface area (Å²) in [5.41, 5.74) is 3.10. The van der Waals surface area contributed by atoms with E-state index in [1.807, 2.05) is 6.07 Å². The maximum atomic E-state index is 4.06. The van der Waals surface area contributed by atoms with Gasteiger partial charge in [-0.1, -0.05) is 19.9 Å². The number of hydrogen-bond donors (Lipinski definition) is 2. The lowest BCUT2D eigenvalue weighted by atomic mass is 10.2. The zero-order chi connectivity index (χ0) is 10.7. The summed E-state index contributed by atoms with van der Waals surface area (Å²) < 4.78 is 0. The third-order valence-electron chi connectivity index (χ3n) is 2.26. The number of benzene rings is 1. The number of nitrogens with one attached hydrogen (secondary N) is 2. The largest absolute Gasteiger partial charge is 0.312 e. The Labute approximate surface area is 89.1 Å². The highest BCUT2D eigenvalue weighted by molar-refractivity contribution is 5.74. The lowest BCUT2D eigenvalue weighted by molar-refractivity contribution is 0.552. The number of H-pyrrole nitrogens is 1. The molecule has 1 heterocycles. The van der Waals surface area contributed by atoms with Gasteiger partial charge in [0.1, 0.15) is 11.0 Å². The highest BCUT2D eigenvalue weighted by Gasteiger charge is 2.00. The quantitative estimate of drug-likeness (QED) is 0.797. The Kier molecular flexibility index (Phi) is 2.97. The number of fused-ring (bicyclic) bond motifs is 1. The van der Waals surface area contributed by atoms with Gasteiger partial charge in [-0.25, -0.2) is 0 Å². The molecule has 1 aromatic carbocycles. The van der Waals surface area contributed by atoms with Crippen LogP contribution >= 0.6 is 0 Å². The van der Waals surface area contributed by atoms with Crippen molar-refractivity contribution in [2.75, 3.05) is 6.54 Å². The van der Waals surface area contributed by atoms with Crippen molar-refractivity contribution >= 4 is 11.0 Å². The smallest absolute Gasteiger partial charge is 0.113 e. The minimum absolute atomic E-state index is 0.681. The average molecular weight is 204 g/mol. The van der Waals surface area contributed by atoms with Gasteiger partial charge in [-0.3, -0.25) is 0 Å². The molecule has 0 fully saturated rings. The zero-order valence-corrected chi connectivity index (χ0v) is 9.12. The van der Waals surface area contributed by atoms with Gasteiger partial charge in [-0.05, 0) is 30.2 Å². The van der Waals surface area contributed by atoms with Crippen molar-refractivity contribution in [2.24, 2.45) is 5.92 Å². The molecule has 0 aliphatic heterocycles. The van der Waals surface area contributed by atoms with E-state index in [2.05, 4.69) is 46.7 Å². The maximum absolute atomic E-state index is 4.06. The van der Waals surface area contributed by atoms with Crippen molar-refractivity contribution in [1.29, 1.82) is 0 Å². The van der Waals surface area contributed by atoms with Crippen LogP contribution < -0.4 is 5.32 Å². The molecule has 0 bridgehead atoms. The van der Waals surface area contributed by atoms with Crippen molar-refractivity contribution in [2.45, 2.75) is 20.4 Å². The Morgan fingerprint density at radius 1 is 1.27 bits per heavy atom. The molecule has 4 heteroatoms. The van der Waals surface area contributed by atoms with Crippen LogP contribution in [0, 0.1) is 5.92 Å². The van der Waals surface area contributed by atoms with Gasteiger partial charge >= 0.3 is 0 Å². The van der Waals surface area contributed by atoms with E-state index in [0.29, 0.717) is 5.92 Å². The highest BCUT2D eigenvalue weighted by atomic mass is 15.3. The molecule has 2 N–H and O–H groups in total. The Balaban J connectivity index is 2.02. The second-order valence-electron chi connectivity index (χ2n) is 4.17. The fourth-order valence-corrected chi connectivity index (χ4v) is 1.50. The predicted octanol–water partition coefficient (Wildman–Crippen LogP) is 1.70. The minimum atomic E-state index is 0.681. The Morgan fingerprint density at radius 2 is 2.07 bits per heavy atom. The summed E-state index contributed by atoms with van der Waals surface area (Å²) >= 11 is 0. The minimum Gasteiger partial charge on any atom is -0.312 e. The maximum Gasteiger partial charge on any atom is 0.113 e. The van der Waals surface area contributed by atoms with E-state index >= 15 is 0 Å². The van der Waals surface area contributed by atoms with E-state index in [4.69, 9.17) is 0 Å². The number of aromatic amines is 1. The van der Waals surface area contributed by atoms with Crippen molar-refractivity contribution in [3.8, 4) is 0 Å². The number of aromatic nitrogens is 3. The molecule has 4 nitrogen and oxygen atoms in total. The molecule has 0 unspecified atom stereocenters. The lowest BCUT2D eigenvalue weighted by Crippen LogP contribution is -2.18. The van der Waals surface area contributed by atoms with E-state index in [0.717, 1.165) is 24.1 Å². The molecule has 0 aliphatic rings. The second kappa shape index (κ2) is 4.40. The molecule has 80 valence electrons. The second-order valence-corrected chi connectivity index (χ2v) is 4.17. The summed E-state index contributed by atoms with van der Waals surface area (Å²) in [6.45, 7) is 6.33. The summed E-state index contributed by atoms with van der Waals surface area (Å²) in [5, 5.41) is 14.1. The third-order valence-corrected chi connectivity index (χ3v) is 2.26. The van der Waals surface area contributed by atoms with E-state index in [1.54, 1.807) is 0 Å². The molecule has 0 atom stereocenters. The highest BCUT2D eigenvalue weighted by Crippen LogP contribution is 2.10. The predicted molar refractivity (Wildman–Crippen MR) is 60.4 cm³/mol. The summed E-state index contributed by atoms with van der Waals surface area (Å²) in [5.74, 6) is 0.681. The SMILES string of the molecule is CC(C)CNCc1ccc2n[nH]nc2c1. The Morgan fingerprint density at radius 3 is 2.87 bits per heavy atom. The van der Waals surface area contributed by atoms with E-state index < -0.39 is 0 Å². The van der Waals surface area contributed by atoms with Gasteiger partial charge in [-0.2, -0.15) is 15.4 Å². The van der Waals surface area contributed by atoms with Crippen LogP contribution in [-0.4, -0.2) is 22.0 Å². The zero-order valence-electron chi connectivity index (χ0n) is 9.12. The van der Waals surface area contributed by atoms with Crippen molar-refractivity contribution in [1.82, 2.24) is 20.7 Å². The summed E-state index contributed by atoms with van der Waals surface area (Å²) in [6, 6.07) is 6.13. The summed E-state index contributed by atoms with van der Waals surface area (Å²) in [4.78, 5) is 0. The van der Waals surface area contributed by atoms with Crippen LogP contribution in [0.5, 0.6) is 0 Å². The van der Waals surface area contributed by atoms with Crippen LogP contribution in [-0.2, 0) is 6.54 Å². The van der Waals surface area contributed by atoms with Crippen LogP contribution in [0.15, 0.2) is 18.2 Å². The summed E-state index contributed by atoms with van der Waals surface area (Å²) in [7, 11) is 0. The van der Waals surface area contributed by atoms with Crippen molar-refractivity contribution in [3.63, 3.8) is 0 Å². The van der Waals surface area contributed by atoms with Gasteiger partial charge in [-0.15, -0.1) is 0 Å². The molecule has 0 amide bonds. The topological polar surface area (TPSA) is 53.6 Å². The van der Waals surface area contributed by atoms with Gasteiger partial charge < -0.3 is 5.32 Å². The molecular weight excluding hydrogens is 188 g/mol. The molecule has 2 rings (SSSR count). The van der Waals surface area contributed by atoms with Crippen LogP contribution in [0.1, 0.15) is 19.4 Å². The molecule has 2 aromatic rings. The molecule has 15 heavy (non-hydrogen) atoms. The fraction of sp³-hybridized carbons (Fsp3) is 0.455. The number of nitrogens with zero attached hydrogens (tertiary/aromatic N) is 2. The Hall–Kier alpha value is -1.42. The van der Waals surface area contributed by atoms with Gasteiger partial charge in [0.05, 0.1) is 0 Å². The van der Waals surface area contributed by atoms with E-state index in [-0.39, 0.29) is 0 Å². The van der Waals surface area contributed by atoms with Crippen LogP contribution in [0.4, 0.5) is 0 Å². The molecule has 0 aliphatic carbocycles. The average Bonchev–Trinajstić information content (AvgIpc) is 2.64. The number of rotatable bonds is 4. The monoisotopic (exact) mass is 204 g/mol. The van der Waals surface area contributed by atoms with Crippen LogP contribution in [0.2, 0.25) is 0 Å². The lowest BCUT2D eigenvalue weighted by Gasteiger charge is -2.06. The van der Waals surface area contributed by atoms with Gasteiger partial charge in [0.25, 0.3) is 0 Å². The fourth-order valence-electron chi connectivity index (χ4n) is 1.50. The molecule has 0 saturated heterocycles. The van der Waals surface area contributed by atoms with Gasteiger partial charge in [0, 0.05) is 6.54 Å². The van der Waals surface area contributed by atoms with Crippen LogP contribution in [0.3, 0.4) is 0 Å². The first kappa shape index (κ1) is 10.1. The molecule has 1 aromatic heterocycles. The third kappa shape index (κ3) is 2.53. The van der Waals surface area contributed by atoms with E-state index in [1.165, 1.54) is 5.56 Å². The molecular formula is C11H16N4. The summed E-state index contributed by atoms with van der Waals surface area (Å²) in [6.07, 6.45) is 0. The molecule has 0 saturated carbocycles. The van der Waals surface area contributed by atoms with Crippen molar-refractivity contribution < 1.29 is 0 Å². The molecule has 0 spiro atoms. The van der Waals surface area contributed by atoms with Gasteiger partial charge in [0.15, 0.2) is 0 Å². The van der Waals surface area contributed by atoms with Crippen molar-refractivity contribution in [3.05, 3.63) is 23.8 Å². The molecule has 0 radical (unpaired) electrons. The first-order chi connectivity index (χ1) is 7.25. The first-order valence-electron chi connectivity index (χ1n) is 5.26. The Bertz CT molecular complexity index is 433. The standard InChI is InChI=1S/C11H16N4/c1-8(2)6-12-7-9-3-4-10-11(5-9)14-15-13-10/h3-5,8,12H,6-7H2,1-2H3,(H,13,14,15). The van der Waals surface area contributed by atoms with Crippen LogP contribution in [0.25, 0.3) is 11.0 Å². The normalized spacial score (nSPS) is 11.4. The number of hydrogen-bond acceptors (Lipinski definition) is 3. The first-order valence-corrected chi connectivity index (χ1v) is 5.26. The van der Waals surface area contributed by atoms with E-state index in [9.17, 15) is 0 Å². The van der Waals surface area contributed by atoms with Gasteiger partial charge in [0.2, 0.25) is 0 Å².